The number of nitrogens with one attached hydrogen (secondary N) is 2. The number of anilines is 1. The van der Waals surface area contributed by atoms with Crippen LogP contribution in [-0.4, -0.2) is 61.6 Å². The van der Waals surface area contributed by atoms with Crippen LogP contribution >= 0.6 is 12.2 Å². The van der Waals surface area contributed by atoms with Crippen molar-refractivity contribution in [3.63, 3.8) is 0 Å². The Morgan fingerprint density at radius 1 is 1.17 bits per heavy atom. The molecule has 2 unspecified atom stereocenters. The van der Waals surface area contributed by atoms with Gasteiger partial charge in [0.05, 0.1) is 33.9 Å². The number of benzene rings is 2. The third-order valence-electron chi connectivity index (χ3n) is 5.39. The zero-order valence-electron chi connectivity index (χ0n) is 17.1. The molecule has 0 saturated carbocycles. The summed E-state index contributed by atoms with van der Waals surface area (Å²) in [5.41, 5.74) is 2.19. The number of aliphatic hydroxyl groups is 1. The number of hydrogen-bond donors (Lipinski definition) is 3. The first-order valence-electron chi connectivity index (χ1n) is 9.92. The summed E-state index contributed by atoms with van der Waals surface area (Å²) in [6.45, 7) is 3.70. The van der Waals surface area contributed by atoms with Gasteiger partial charge in [-0.25, -0.2) is 0 Å². The third-order valence-corrected chi connectivity index (χ3v) is 5.75. The number of methoxy groups -OCH3 is 2. The van der Waals surface area contributed by atoms with E-state index in [0.29, 0.717) is 6.04 Å². The van der Waals surface area contributed by atoms with E-state index in [1.54, 1.807) is 14.2 Å². The van der Waals surface area contributed by atoms with Crippen LogP contribution in [0.1, 0.15) is 12.0 Å². The number of quaternary nitrogens is 1. The minimum absolute atomic E-state index is 0.173. The van der Waals surface area contributed by atoms with Gasteiger partial charge in [0.2, 0.25) is 0 Å². The van der Waals surface area contributed by atoms with Crippen molar-refractivity contribution in [3.05, 3.63) is 54.1 Å². The Kier molecular flexibility index (Phi) is 7.69. The van der Waals surface area contributed by atoms with Crippen LogP contribution < -0.4 is 19.7 Å². The summed E-state index contributed by atoms with van der Waals surface area (Å²) in [6, 6.07) is 16.4. The first-order valence-corrected chi connectivity index (χ1v) is 10.3. The van der Waals surface area contributed by atoms with Crippen molar-refractivity contribution in [1.29, 1.82) is 0 Å². The highest BCUT2D eigenvalue weighted by atomic mass is 32.1. The van der Waals surface area contributed by atoms with Crippen LogP contribution in [0, 0.1) is 0 Å². The van der Waals surface area contributed by atoms with Crippen molar-refractivity contribution in [2.24, 2.45) is 0 Å². The molecule has 1 aliphatic rings. The van der Waals surface area contributed by atoms with E-state index >= 15 is 0 Å². The Hall–Kier alpha value is -2.35. The minimum Gasteiger partial charge on any atom is -0.493 e. The molecule has 2 atom stereocenters. The van der Waals surface area contributed by atoms with E-state index in [1.807, 2.05) is 42.5 Å². The molecule has 2 aromatic carbocycles. The number of thiocarbonyl (C=S) groups is 1. The quantitative estimate of drug-likeness (QED) is 0.596. The van der Waals surface area contributed by atoms with E-state index in [4.69, 9.17) is 21.7 Å². The van der Waals surface area contributed by atoms with Crippen LogP contribution in [-0.2, 0) is 6.54 Å². The van der Waals surface area contributed by atoms with E-state index in [1.165, 1.54) is 10.5 Å². The lowest BCUT2D eigenvalue weighted by Gasteiger charge is -2.39. The van der Waals surface area contributed by atoms with Gasteiger partial charge in [-0.15, -0.1) is 0 Å². The van der Waals surface area contributed by atoms with Crippen LogP contribution in [0.5, 0.6) is 11.5 Å². The van der Waals surface area contributed by atoms with Crippen molar-refractivity contribution < 1.29 is 19.5 Å². The molecular formula is C22H30N3O3S+. The number of nitrogens with zero attached hydrogens (tertiary/aromatic N) is 1. The van der Waals surface area contributed by atoms with Gasteiger partial charge in [-0.05, 0) is 42.5 Å². The summed E-state index contributed by atoms with van der Waals surface area (Å²) < 4.78 is 10.8. The first-order chi connectivity index (χ1) is 14.1. The monoisotopic (exact) mass is 416 g/mol. The second kappa shape index (κ2) is 10.4. The molecule has 3 rings (SSSR count). The lowest BCUT2D eigenvalue weighted by atomic mass is 10.1. The van der Waals surface area contributed by atoms with Crippen molar-refractivity contribution in [2.75, 3.05) is 45.8 Å². The summed E-state index contributed by atoms with van der Waals surface area (Å²) in [5, 5.41) is 13.7. The molecule has 0 aromatic heterocycles. The fraction of sp³-hybridized carbons (Fsp3) is 0.409. The second-order valence-corrected chi connectivity index (χ2v) is 7.61. The summed E-state index contributed by atoms with van der Waals surface area (Å²) in [5.74, 6) is 1.48. The van der Waals surface area contributed by atoms with Gasteiger partial charge in [0, 0.05) is 24.3 Å². The van der Waals surface area contributed by atoms with Crippen molar-refractivity contribution in [3.8, 4) is 11.5 Å². The summed E-state index contributed by atoms with van der Waals surface area (Å²) in [7, 11) is 3.30. The smallest absolute Gasteiger partial charge is 0.173 e. The number of aliphatic hydroxyl groups excluding tert-OH is 1. The van der Waals surface area contributed by atoms with Gasteiger partial charge in [-0.3, -0.25) is 0 Å². The van der Waals surface area contributed by atoms with Gasteiger partial charge in [-0.2, -0.15) is 0 Å². The van der Waals surface area contributed by atoms with Gasteiger partial charge >= 0.3 is 0 Å². The molecule has 0 radical (unpaired) electrons. The maximum absolute atomic E-state index is 9.60. The lowest BCUT2D eigenvalue weighted by molar-refractivity contribution is -0.943. The zero-order valence-corrected chi connectivity index (χ0v) is 17.9. The molecule has 7 heteroatoms. The molecule has 0 aliphatic carbocycles. The van der Waals surface area contributed by atoms with Gasteiger partial charge in [0.25, 0.3) is 0 Å². The summed E-state index contributed by atoms with van der Waals surface area (Å²) >= 11 is 5.63. The molecule has 1 saturated heterocycles. The van der Waals surface area contributed by atoms with Crippen LogP contribution in [0.3, 0.4) is 0 Å². The lowest BCUT2D eigenvalue weighted by Crippen LogP contribution is -3.17. The van der Waals surface area contributed by atoms with E-state index in [0.717, 1.165) is 54.9 Å². The maximum atomic E-state index is 9.60. The minimum atomic E-state index is 0.173. The summed E-state index contributed by atoms with van der Waals surface area (Å²) in [6.07, 6.45) is 0.743. The highest BCUT2D eigenvalue weighted by Crippen LogP contribution is 2.27. The number of piperazine rings is 1. The molecule has 0 bridgehead atoms. The molecule has 1 aliphatic heterocycles. The Labute approximate surface area is 178 Å². The third kappa shape index (κ3) is 5.59. The van der Waals surface area contributed by atoms with Gasteiger partial charge in [-0.1, -0.05) is 18.2 Å². The Balaban J connectivity index is 1.65. The first kappa shape index (κ1) is 21.4. The van der Waals surface area contributed by atoms with Crippen molar-refractivity contribution >= 4 is 23.0 Å². The van der Waals surface area contributed by atoms with Crippen molar-refractivity contribution in [1.82, 2.24) is 4.90 Å². The van der Waals surface area contributed by atoms with Crippen LogP contribution in [0.15, 0.2) is 48.5 Å². The fourth-order valence-corrected chi connectivity index (χ4v) is 4.10. The Morgan fingerprint density at radius 2 is 1.93 bits per heavy atom. The van der Waals surface area contributed by atoms with E-state index < -0.39 is 0 Å². The van der Waals surface area contributed by atoms with Gasteiger partial charge in [0.1, 0.15) is 12.6 Å². The van der Waals surface area contributed by atoms with Gasteiger partial charge in [0.15, 0.2) is 16.6 Å². The topological polar surface area (TPSA) is 58.4 Å². The number of rotatable bonds is 7. The molecule has 0 amide bonds. The zero-order chi connectivity index (χ0) is 20.6. The second-order valence-electron chi connectivity index (χ2n) is 7.23. The molecule has 3 N–H and O–H groups in total. The normalized spacial score (nSPS) is 18.9. The molecular weight excluding hydrogens is 386 g/mol. The number of hydrogen-bond acceptors (Lipinski definition) is 4. The standard InChI is InChI=1S/C22H29N3O3S/c1-27-20-9-8-17(14-21(20)28-2)15-24-11-12-25(16-19(24)10-13-26)22(29)23-18-6-4-3-5-7-18/h3-9,14,19,26H,10-13,15-16H2,1-2H3,(H,23,29)/p+1. The molecule has 1 fully saturated rings. The molecule has 0 spiro atoms. The molecule has 2 aromatic rings. The Bertz CT molecular complexity index is 803. The molecule has 29 heavy (non-hydrogen) atoms. The fourth-order valence-electron chi connectivity index (χ4n) is 3.81. The van der Waals surface area contributed by atoms with Crippen molar-refractivity contribution in [2.45, 2.75) is 19.0 Å². The predicted molar refractivity (Wildman–Crippen MR) is 119 cm³/mol. The van der Waals surface area contributed by atoms with Crippen LogP contribution in [0.4, 0.5) is 5.69 Å². The van der Waals surface area contributed by atoms with E-state index in [2.05, 4.69) is 16.3 Å². The van der Waals surface area contributed by atoms with Gasteiger partial charge < -0.3 is 29.7 Å². The number of ether oxygens (including phenoxy) is 2. The molecule has 1 heterocycles. The van der Waals surface area contributed by atoms with E-state index in [9.17, 15) is 5.11 Å². The predicted octanol–water partition coefficient (Wildman–Crippen LogP) is 1.55. The van der Waals surface area contributed by atoms with E-state index in [-0.39, 0.29) is 6.61 Å². The average Bonchev–Trinajstić information content (AvgIpc) is 2.75. The van der Waals surface area contributed by atoms with Crippen LogP contribution in [0.25, 0.3) is 0 Å². The largest absolute Gasteiger partial charge is 0.493 e. The highest BCUT2D eigenvalue weighted by Gasteiger charge is 2.31. The SMILES string of the molecule is COc1ccc(C[NH+]2CCN(C(=S)Nc3ccccc3)CC2CCO)cc1OC. The molecule has 6 nitrogen and oxygen atoms in total. The summed E-state index contributed by atoms with van der Waals surface area (Å²) in [4.78, 5) is 3.66. The number of para-hydroxylation sites is 1. The maximum Gasteiger partial charge on any atom is 0.173 e. The highest BCUT2D eigenvalue weighted by molar-refractivity contribution is 7.80. The molecule has 156 valence electrons. The average molecular weight is 417 g/mol. The Morgan fingerprint density at radius 3 is 2.62 bits per heavy atom. The van der Waals surface area contributed by atoms with Crippen LogP contribution in [0.2, 0.25) is 0 Å².